The summed E-state index contributed by atoms with van der Waals surface area (Å²) in [6, 6.07) is 41.8. The largest absolute Gasteiger partial charge is 0.455 e. The molecule has 0 radical (unpaired) electrons. The third kappa shape index (κ3) is 5.36. The average molecular weight is 651 g/mol. The topological polar surface area (TPSA) is 75.6 Å². The number of nitriles is 1. The van der Waals surface area contributed by atoms with Gasteiger partial charge in [-0.25, -0.2) is 15.0 Å². The number of furan rings is 1. The molecular formula is C45H38N4O. The minimum absolute atomic E-state index is 0.286. The number of hydrogen-bond donors (Lipinski definition) is 0. The predicted octanol–water partition coefficient (Wildman–Crippen LogP) is 11.4. The van der Waals surface area contributed by atoms with Crippen LogP contribution >= 0.6 is 0 Å². The molecule has 0 aliphatic heterocycles. The van der Waals surface area contributed by atoms with E-state index in [2.05, 4.69) is 92.7 Å². The van der Waals surface area contributed by atoms with Gasteiger partial charge < -0.3 is 4.42 Å². The molecule has 2 fully saturated rings. The van der Waals surface area contributed by atoms with Crippen LogP contribution in [0.5, 0.6) is 0 Å². The van der Waals surface area contributed by atoms with Gasteiger partial charge in [-0.3, -0.25) is 0 Å². The molecule has 0 saturated heterocycles. The molecule has 0 amide bonds. The number of aromatic nitrogens is 3. The molecule has 2 heterocycles. The van der Waals surface area contributed by atoms with Crippen molar-refractivity contribution in [3.8, 4) is 51.4 Å². The molecule has 2 saturated carbocycles. The first-order chi connectivity index (χ1) is 24.4. The molecule has 1 unspecified atom stereocenters. The van der Waals surface area contributed by atoms with E-state index in [0.717, 1.165) is 61.9 Å². The molecule has 0 spiro atoms. The molecule has 50 heavy (non-hydrogen) atoms. The molecule has 2 aliphatic carbocycles. The second kappa shape index (κ2) is 12.1. The summed E-state index contributed by atoms with van der Waals surface area (Å²) >= 11 is 0. The lowest BCUT2D eigenvalue weighted by Gasteiger charge is -2.50. The van der Waals surface area contributed by atoms with Crippen molar-refractivity contribution in [1.82, 2.24) is 15.0 Å². The summed E-state index contributed by atoms with van der Waals surface area (Å²) in [6.45, 7) is 4.89. The molecule has 2 bridgehead atoms. The Morgan fingerprint density at radius 2 is 1.18 bits per heavy atom. The average Bonchev–Trinajstić information content (AvgIpc) is 3.53. The van der Waals surface area contributed by atoms with Crippen LogP contribution < -0.4 is 0 Å². The Kier molecular flexibility index (Phi) is 7.35. The van der Waals surface area contributed by atoms with E-state index < -0.39 is 0 Å². The second-order valence-electron chi connectivity index (χ2n) is 14.9. The van der Waals surface area contributed by atoms with Crippen molar-refractivity contribution < 1.29 is 4.42 Å². The van der Waals surface area contributed by atoms with Crippen molar-refractivity contribution in [1.29, 1.82) is 5.26 Å². The molecule has 4 atom stereocenters. The van der Waals surface area contributed by atoms with E-state index in [-0.39, 0.29) is 5.41 Å². The standard InChI is InChI=1S/C45H38N4O/c1-28-21-30-22-29(2)25-45(24-28,26-30)37-18-15-34(16-19-37)44-48-42(32-7-4-3-5-8-32)47-43(49-44)33-13-11-31(12-14-33)35-17-20-40-39(23-35)38-10-6-9-36(27-46)41(38)50-40/h3-20,23,28-30H,21-22,24-26H2,1-2H3/t28-,29+,30-,45?. The minimum atomic E-state index is 0.286. The highest BCUT2D eigenvalue weighted by Gasteiger charge is 2.45. The molecule has 244 valence electrons. The SMILES string of the molecule is C[C@@H]1C[C@@H]2C[C@H](C)CC(c3ccc(-c4nc(-c5ccccc5)nc(-c5ccc(-c6ccc7oc8c(C#N)cccc8c7c6)cc5)n4)cc3)(C1)C2. The van der Waals surface area contributed by atoms with E-state index >= 15 is 0 Å². The summed E-state index contributed by atoms with van der Waals surface area (Å²) in [5.74, 6) is 4.39. The van der Waals surface area contributed by atoms with E-state index in [1.54, 1.807) is 6.07 Å². The Labute approximate surface area is 292 Å². The zero-order valence-electron chi connectivity index (χ0n) is 28.4. The van der Waals surface area contributed by atoms with E-state index in [1.807, 2.05) is 36.4 Å². The summed E-state index contributed by atoms with van der Waals surface area (Å²) in [5.41, 5.74) is 8.75. The molecule has 0 N–H and O–H groups in total. The maximum absolute atomic E-state index is 9.56. The highest BCUT2D eigenvalue weighted by Crippen LogP contribution is 2.54. The first-order valence-electron chi connectivity index (χ1n) is 17.8. The second-order valence-corrected chi connectivity index (χ2v) is 14.9. The van der Waals surface area contributed by atoms with Crippen LogP contribution in [0.25, 0.3) is 67.2 Å². The van der Waals surface area contributed by atoms with Crippen molar-refractivity contribution in [2.45, 2.75) is 51.4 Å². The van der Waals surface area contributed by atoms with Crippen LogP contribution in [0, 0.1) is 29.1 Å². The molecule has 5 nitrogen and oxygen atoms in total. The Balaban J connectivity index is 1.07. The van der Waals surface area contributed by atoms with Crippen LogP contribution in [0.2, 0.25) is 0 Å². The molecule has 2 aromatic heterocycles. The Bertz CT molecular complexity index is 2380. The minimum Gasteiger partial charge on any atom is -0.455 e. The lowest BCUT2D eigenvalue weighted by atomic mass is 9.54. The van der Waals surface area contributed by atoms with Gasteiger partial charge in [0.2, 0.25) is 0 Å². The quantitative estimate of drug-likeness (QED) is 0.185. The zero-order chi connectivity index (χ0) is 33.8. The fourth-order valence-electron chi connectivity index (χ4n) is 9.26. The number of benzene rings is 5. The highest BCUT2D eigenvalue weighted by molar-refractivity contribution is 6.07. The van der Waals surface area contributed by atoms with Crippen molar-refractivity contribution in [3.63, 3.8) is 0 Å². The Morgan fingerprint density at radius 1 is 0.600 bits per heavy atom. The van der Waals surface area contributed by atoms with Gasteiger partial charge in [-0.05, 0) is 90.2 Å². The summed E-state index contributed by atoms with van der Waals surface area (Å²) in [6.07, 6.45) is 6.64. The third-order valence-electron chi connectivity index (χ3n) is 11.1. The van der Waals surface area contributed by atoms with Crippen LogP contribution in [0.4, 0.5) is 0 Å². The van der Waals surface area contributed by atoms with Gasteiger partial charge in [-0.15, -0.1) is 0 Å². The molecular weight excluding hydrogens is 613 g/mol. The fourth-order valence-corrected chi connectivity index (χ4v) is 9.26. The zero-order valence-corrected chi connectivity index (χ0v) is 28.4. The summed E-state index contributed by atoms with van der Waals surface area (Å²) < 4.78 is 6.06. The summed E-state index contributed by atoms with van der Waals surface area (Å²) in [7, 11) is 0. The summed E-state index contributed by atoms with van der Waals surface area (Å²) in [5, 5.41) is 11.5. The summed E-state index contributed by atoms with van der Waals surface area (Å²) in [4.78, 5) is 15.0. The smallest absolute Gasteiger partial charge is 0.164 e. The van der Waals surface area contributed by atoms with Crippen LogP contribution in [0.3, 0.4) is 0 Å². The predicted molar refractivity (Wildman–Crippen MR) is 200 cm³/mol. The lowest BCUT2D eigenvalue weighted by molar-refractivity contribution is 0.0780. The Hall–Kier alpha value is -5.60. The van der Waals surface area contributed by atoms with Gasteiger partial charge in [0.25, 0.3) is 0 Å². The first-order valence-corrected chi connectivity index (χ1v) is 17.8. The van der Waals surface area contributed by atoms with Crippen molar-refractivity contribution in [3.05, 3.63) is 126 Å². The van der Waals surface area contributed by atoms with Gasteiger partial charge in [0, 0.05) is 27.5 Å². The van der Waals surface area contributed by atoms with Crippen molar-refractivity contribution in [2.75, 3.05) is 0 Å². The van der Waals surface area contributed by atoms with Crippen LogP contribution in [-0.4, -0.2) is 15.0 Å². The van der Waals surface area contributed by atoms with Crippen LogP contribution in [0.15, 0.2) is 120 Å². The van der Waals surface area contributed by atoms with Gasteiger partial charge in [0.1, 0.15) is 11.7 Å². The van der Waals surface area contributed by atoms with Gasteiger partial charge in [0.05, 0.1) is 5.56 Å². The molecule has 2 aliphatic rings. The molecule has 5 aromatic carbocycles. The van der Waals surface area contributed by atoms with Gasteiger partial charge in [0.15, 0.2) is 23.1 Å². The third-order valence-corrected chi connectivity index (χ3v) is 11.1. The van der Waals surface area contributed by atoms with Gasteiger partial charge in [-0.2, -0.15) is 5.26 Å². The molecule has 7 aromatic rings. The van der Waals surface area contributed by atoms with E-state index in [1.165, 1.54) is 37.7 Å². The van der Waals surface area contributed by atoms with E-state index in [9.17, 15) is 5.26 Å². The number of nitrogens with zero attached hydrogens (tertiary/aromatic N) is 4. The fraction of sp³-hybridized carbons (Fsp3) is 0.244. The van der Waals surface area contributed by atoms with Gasteiger partial charge in [-0.1, -0.05) is 111 Å². The monoisotopic (exact) mass is 650 g/mol. The highest BCUT2D eigenvalue weighted by atomic mass is 16.3. The molecule has 5 heteroatoms. The number of hydrogen-bond acceptors (Lipinski definition) is 5. The normalized spacial score (nSPS) is 21.7. The lowest BCUT2D eigenvalue weighted by Crippen LogP contribution is -2.42. The molecule has 9 rings (SSSR count). The number of fused-ring (bicyclic) bond motifs is 5. The Morgan fingerprint density at radius 3 is 1.82 bits per heavy atom. The van der Waals surface area contributed by atoms with E-state index in [4.69, 9.17) is 19.4 Å². The van der Waals surface area contributed by atoms with E-state index in [0.29, 0.717) is 28.6 Å². The maximum atomic E-state index is 9.56. The number of rotatable bonds is 5. The van der Waals surface area contributed by atoms with Crippen LogP contribution in [0.1, 0.15) is 57.1 Å². The van der Waals surface area contributed by atoms with Gasteiger partial charge >= 0.3 is 0 Å². The number of para-hydroxylation sites is 1. The maximum Gasteiger partial charge on any atom is 0.164 e. The van der Waals surface area contributed by atoms with Crippen molar-refractivity contribution >= 4 is 21.9 Å². The van der Waals surface area contributed by atoms with Crippen LogP contribution in [-0.2, 0) is 5.41 Å². The first kappa shape index (κ1) is 30.5. The van der Waals surface area contributed by atoms with Crippen molar-refractivity contribution in [2.24, 2.45) is 17.8 Å².